The van der Waals surface area contributed by atoms with Crippen LogP contribution in [0.4, 0.5) is 11.5 Å². The van der Waals surface area contributed by atoms with E-state index in [1.165, 1.54) is 32.0 Å². The monoisotopic (exact) mass is 250 g/mol. The molecular formula is C13H22N4O. The van der Waals surface area contributed by atoms with Gasteiger partial charge in [0.15, 0.2) is 5.82 Å². The van der Waals surface area contributed by atoms with Crippen molar-refractivity contribution in [3.8, 4) is 5.88 Å². The summed E-state index contributed by atoms with van der Waals surface area (Å²) in [7, 11) is 2.03. The van der Waals surface area contributed by atoms with Crippen molar-refractivity contribution in [1.29, 1.82) is 0 Å². The molecule has 0 atom stereocenters. The number of nitrogens with two attached hydrogens (primary N) is 1. The lowest BCUT2D eigenvalue weighted by atomic mass is 10.1. The Morgan fingerprint density at radius 3 is 2.78 bits per heavy atom. The fourth-order valence-corrected chi connectivity index (χ4v) is 2.59. The van der Waals surface area contributed by atoms with Gasteiger partial charge in [0.25, 0.3) is 0 Å². The fourth-order valence-electron chi connectivity index (χ4n) is 2.59. The van der Waals surface area contributed by atoms with Crippen molar-refractivity contribution in [2.75, 3.05) is 30.8 Å². The first-order valence-corrected chi connectivity index (χ1v) is 6.66. The molecule has 2 rings (SSSR count). The SMILES string of the molecule is CCOc1ncnc(N(C)CC2CCCC2)c1N. The van der Waals surface area contributed by atoms with Crippen LogP contribution in [0.15, 0.2) is 6.33 Å². The van der Waals surface area contributed by atoms with Crippen molar-refractivity contribution in [3.63, 3.8) is 0 Å². The third kappa shape index (κ3) is 2.83. The average molecular weight is 250 g/mol. The maximum Gasteiger partial charge on any atom is 0.242 e. The first-order valence-electron chi connectivity index (χ1n) is 6.66. The highest BCUT2D eigenvalue weighted by Crippen LogP contribution is 2.30. The lowest BCUT2D eigenvalue weighted by Crippen LogP contribution is -2.26. The summed E-state index contributed by atoms with van der Waals surface area (Å²) in [6.45, 7) is 3.49. The van der Waals surface area contributed by atoms with E-state index in [0.29, 0.717) is 18.2 Å². The van der Waals surface area contributed by atoms with Gasteiger partial charge in [0.05, 0.1) is 6.61 Å². The Balaban J connectivity index is 2.08. The molecule has 5 heteroatoms. The molecule has 0 aromatic carbocycles. The molecular weight excluding hydrogens is 228 g/mol. The summed E-state index contributed by atoms with van der Waals surface area (Å²) in [4.78, 5) is 10.5. The zero-order chi connectivity index (χ0) is 13.0. The molecule has 1 fully saturated rings. The number of ether oxygens (including phenoxy) is 1. The van der Waals surface area contributed by atoms with Gasteiger partial charge in [-0.15, -0.1) is 0 Å². The largest absolute Gasteiger partial charge is 0.476 e. The van der Waals surface area contributed by atoms with E-state index in [1.54, 1.807) is 0 Å². The molecule has 1 aromatic heterocycles. The summed E-state index contributed by atoms with van der Waals surface area (Å²) in [5.41, 5.74) is 6.59. The Labute approximate surface area is 108 Å². The Hall–Kier alpha value is -1.52. The van der Waals surface area contributed by atoms with E-state index in [1.807, 2.05) is 14.0 Å². The van der Waals surface area contributed by atoms with Crippen LogP contribution in [0, 0.1) is 5.92 Å². The molecule has 0 aliphatic heterocycles. The third-order valence-corrected chi connectivity index (χ3v) is 3.48. The zero-order valence-corrected chi connectivity index (χ0v) is 11.2. The molecule has 1 heterocycles. The Morgan fingerprint density at radius 2 is 2.11 bits per heavy atom. The molecule has 2 N–H and O–H groups in total. The maximum absolute atomic E-state index is 6.05. The highest BCUT2D eigenvalue weighted by molar-refractivity contribution is 5.67. The summed E-state index contributed by atoms with van der Waals surface area (Å²) in [5.74, 6) is 2.03. The normalized spacial score (nSPS) is 15.9. The van der Waals surface area contributed by atoms with E-state index in [9.17, 15) is 0 Å². The van der Waals surface area contributed by atoms with Gasteiger partial charge in [-0.1, -0.05) is 12.8 Å². The fraction of sp³-hybridized carbons (Fsp3) is 0.692. The zero-order valence-electron chi connectivity index (χ0n) is 11.2. The highest BCUT2D eigenvalue weighted by Gasteiger charge is 2.19. The molecule has 0 radical (unpaired) electrons. The van der Waals surface area contributed by atoms with Gasteiger partial charge in [0.2, 0.25) is 5.88 Å². The summed E-state index contributed by atoms with van der Waals surface area (Å²) in [6.07, 6.45) is 6.84. The van der Waals surface area contributed by atoms with Gasteiger partial charge in [0, 0.05) is 13.6 Å². The van der Waals surface area contributed by atoms with E-state index in [4.69, 9.17) is 10.5 Å². The molecule has 0 amide bonds. The molecule has 1 aliphatic carbocycles. The summed E-state index contributed by atoms with van der Waals surface area (Å²) < 4.78 is 5.39. The van der Waals surface area contributed by atoms with Gasteiger partial charge in [0.1, 0.15) is 12.0 Å². The minimum atomic E-state index is 0.487. The number of nitrogen functional groups attached to an aromatic ring is 1. The molecule has 1 aliphatic rings. The third-order valence-electron chi connectivity index (χ3n) is 3.48. The number of aromatic nitrogens is 2. The van der Waals surface area contributed by atoms with Gasteiger partial charge in [-0.25, -0.2) is 4.98 Å². The van der Waals surface area contributed by atoms with Crippen molar-refractivity contribution >= 4 is 11.5 Å². The Morgan fingerprint density at radius 1 is 1.39 bits per heavy atom. The van der Waals surface area contributed by atoms with Crippen molar-refractivity contribution in [1.82, 2.24) is 9.97 Å². The van der Waals surface area contributed by atoms with E-state index in [0.717, 1.165) is 18.3 Å². The standard InChI is InChI=1S/C13H22N4O/c1-3-18-13-11(14)12(15-9-16-13)17(2)8-10-6-4-5-7-10/h9-10H,3-8,14H2,1-2H3. The van der Waals surface area contributed by atoms with Crippen LogP contribution in [0.25, 0.3) is 0 Å². The molecule has 18 heavy (non-hydrogen) atoms. The smallest absolute Gasteiger partial charge is 0.242 e. The minimum absolute atomic E-state index is 0.487. The van der Waals surface area contributed by atoms with Crippen molar-refractivity contribution in [3.05, 3.63) is 6.33 Å². The molecule has 1 aromatic rings. The summed E-state index contributed by atoms with van der Waals surface area (Å²) in [5, 5.41) is 0. The first kappa shape index (κ1) is 12.9. The molecule has 0 spiro atoms. The van der Waals surface area contributed by atoms with Crippen molar-refractivity contribution < 1.29 is 4.74 Å². The van der Waals surface area contributed by atoms with Crippen LogP contribution in [-0.2, 0) is 0 Å². The number of anilines is 2. The quantitative estimate of drug-likeness (QED) is 0.866. The van der Waals surface area contributed by atoms with Crippen molar-refractivity contribution in [2.45, 2.75) is 32.6 Å². The topological polar surface area (TPSA) is 64.3 Å². The van der Waals surface area contributed by atoms with Gasteiger partial charge in [-0.05, 0) is 25.7 Å². The van der Waals surface area contributed by atoms with E-state index < -0.39 is 0 Å². The van der Waals surface area contributed by atoms with Crippen LogP contribution < -0.4 is 15.4 Å². The van der Waals surface area contributed by atoms with Gasteiger partial charge >= 0.3 is 0 Å². The second-order valence-corrected chi connectivity index (χ2v) is 4.88. The van der Waals surface area contributed by atoms with Crippen LogP contribution in [-0.4, -0.2) is 30.2 Å². The lowest BCUT2D eigenvalue weighted by molar-refractivity contribution is 0.328. The minimum Gasteiger partial charge on any atom is -0.476 e. The van der Waals surface area contributed by atoms with Gasteiger partial charge < -0.3 is 15.4 Å². The van der Waals surface area contributed by atoms with Gasteiger partial charge in [-0.2, -0.15) is 4.98 Å². The number of rotatable bonds is 5. The second-order valence-electron chi connectivity index (χ2n) is 4.88. The van der Waals surface area contributed by atoms with Crippen molar-refractivity contribution in [2.24, 2.45) is 5.92 Å². The van der Waals surface area contributed by atoms with Gasteiger partial charge in [-0.3, -0.25) is 0 Å². The first-order chi connectivity index (χ1) is 8.72. The van der Waals surface area contributed by atoms with Crippen LogP contribution in [0.3, 0.4) is 0 Å². The van der Waals surface area contributed by atoms with Crippen LogP contribution in [0.1, 0.15) is 32.6 Å². The predicted octanol–water partition coefficient (Wildman–Crippen LogP) is 2.08. The molecule has 100 valence electrons. The average Bonchev–Trinajstić information content (AvgIpc) is 2.85. The highest BCUT2D eigenvalue weighted by atomic mass is 16.5. The van der Waals surface area contributed by atoms with E-state index >= 15 is 0 Å². The Kier molecular flexibility index (Phi) is 4.23. The molecule has 0 bridgehead atoms. The maximum atomic E-state index is 6.05. The number of nitrogens with zero attached hydrogens (tertiary/aromatic N) is 3. The predicted molar refractivity (Wildman–Crippen MR) is 72.8 cm³/mol. The Bertz CT molecular complexity index is 391. The molecule has 5 nitrogen and oxygen atoms in total. The number of hydrogen-bond donors (Lipinski definition) is 1. The van der Waals surface area contributed by atoms with Crippen LogP contribution in [0.5, 0.6) is 5.88 Å². The van der Waals surface area contributed by atoms with Crippen LogP contribution >= 0.6 is 0 Å². The summed E-state index contributed by atoms with van der Waals surface area (Å²) in [6, 6.07) is 0. The molecule has 1 saturated carbocycles. The molecule has 0 saturated heterocycles. The second kappa shape index (κ2) is 5.89. The van der Waals surface area contributed by atoms with E-state index in [-0.39, 0.29) is 0 Å². The van der Waals surface area contributed by atoms with E-state index in [2.05, 4.69) is 14.9 Å². The van der Waals surface area contributed by atoms with Crippen LogP contribution in [0.2, 0.25) is 0 Å². The molecule has 0 unspecified atom stereocenters. The summed E-state index contributed by atoms with van der Waals surface area (Å²) >= 11 is 0. The lowest BCUT2D eigenvalue weighted by Gasteiger charge is -2.23. The number of hydrogen-bond acceptors (Lipinski definition) is 5.